The van der Waals surface area contributed by atoms with E-state index >= 15 is 0 Å². The van der Waals surface area contributed by atoms with Crippen LogP contribution in [0.5, 0.6) is 5.75 Å². The molecule has 0 radical (unpaired) electrons. The summed E-state index contributed by atoms with van der Waals surface area (Å²) in [6, 6.07) is 17.7. The minimum absolute atomic E-state index is 0.154. The van der Waals surface area contributed by atoms with Crippen molar-refractivity contribution in [2.75, 3.05) is 6.61 Å². The van der Waals surface area contributed by atoms with E-state index in [1.807, 2.05) is 47.2 Å². The summed E-state index contributed by atoms with van der Waals surface area (Å²) in [5.41, 5.74) is 9.44. The Morgan fingerprint density at radius 3 is 2.77 bits per heavy atom. The van der Waals surface area contributed by atoms with Crippen molar-refractivity contribution in [2.45, 2.75) is 6.04 Å². The van der Waals surface area contributed by atoms with Gasteiger partial charge in [0.05, 0.1) is 17.3 Å². The lowest BCUT2D eigenvalue weighted by Gasteiger charge is -2.12. The van der Waals surface area contributed by atoms with E-state index < -0.39 is 0 Å². The third kappa shape index (κ3) is 2.80. The number of ether oxygens (including phenoxy) is 1. The molecular formula is C23H17FN6O. The molecule has 6 rings (SSSR count). The van der Waals surface area contributed by atoms with Gasteiger partial charge >= 0.3 is 0 Å². The van der Waals surface area contributed by atoms with E-state index in [0.717, 1.165) is 17.0 Å². The highest BCUT2D eigenvalue weighted by atomic mass is 19.1. The lowest BCUT2D eigenvalue weighted by atomic mass is 10.1. The first-order valence-corrected chi connectivity index (χ1v) is 9.86. The number of fused-ring (bicyclic) bond motifs is 2. The van der Waals surface area contributed by atoms with Gasteiger partial charge in [-0.05, 0) is 36.4 Å². The number of hydrogen-bond acceptors (Lipinski definition) is 5. The molecule has 1 aliphatic heterocycles. The van der Waals surface area contributed by atoms with Gasteiger partial charge in [0.15, 0.2) is 11.5 Å². The van der Waals surface area contributed by atoms with E-state index in [4.69, 9.17) is 20.4 Å². The quantitative estimate of drug-likeness (QED) is 0.487. The summed E-state index contributed by atoms with van der Waals surface area (Å²) in [6.07, 6.45) is 3.51. The summed E-state index contributed by atoms with van der Waals surface area (Å²) in [5.74, 6) is 1.46. The second-order valence-electron chi connectivity index (χ2n) is 7.35. The number of hydrogen-bond donors (Lipinski definition) is 1. The monoisotopic (exact) mass is 412 g/mol. The Morgan fingerprint density at radius 1 is 1.03 bits per heavy atom. The molecule has 4 heterocycles. The van der Waals surface area contributed by atoms with E-state index in [-0.39, 0.29) is 11.9 Å². The molecule has 0 unspecified atom stereocenters. The summed E-state index contributed by atoms with van der Waals surface area (Å²) in [4.78, 5) is 9.51. The van der Waals surface area contributed by atoms with Crippen LogP contribution in [0.2, 0.25) is 0 Å². The van der Waals surface area contributed by atoms with Crippen LogP contribution in [0, 0.1) is 5.82 Å². The molecule has 0 spiro atoms. The van der Waals surface area contributed by atoms with Crippen LogP contribution in [-0.4, -0.2) is 30.9 Å². The van der Waals surface area contributed by atoms with Gasteiger partial charge in [-0.1, -0.05) is 18.2 Å². The molecule has 2 N–H and O–H groups in total. The maximum atomic E-state index is 14.7. The Kier molecular flexibility index (Phi) is 3.87. The predicted octanol–water partition coefficient (Wildman–Crippen LogP) is 3.80. The van der Waals surface area contributed by atoms with Crippen molar-refractivity contribution < 1.29 is 9.13 Å². The van der Waals surface area contributed by atoms with Gasteiger partial charge in [-0.2, -0.15) is 5.10 Å². The van der Waals surface area contributed by atoms with Crippen LogP contribution in [0.25, 0.3) is 34.1 Å². The van der Waals surface area contributed by atoms with Crippen molar-refractivity contribution in [1.29, 1.82) is 0 Å². The van der Waals surface area contributed by atoms with Crippen LogP contribution in [0.1, 0.15) is 11.6 Å². The van der Waals surface area contributed by atoms with Gasteiger partial charge in [-0.25, -0.2) is 19.0 Å². The largest absolute Gasteiger partial charge is 0.491 e. The number of imidazole rings is 1. The standard InChI is InChI=1S/C23H17FN6O/c24-17-5-2-1-4-15(17)22-27-19-8-9-21(29-11-3-10-26-29)28-23(19)30(22)14-6-7-16-18(25)13-31-20(16)12-14/h1-12,18H,13,25H2/t18-/m0/s1. The molecule has 31 heavy (non-hydrogen) atoms. The van der Waals surface area contributed by atoms with E-state index in [9.17, 15) is 4.39 Å². The first-order valence-electron chi connectivity index (χ1n) is 9.86. The summed E-state index contributed by atoms with van der Waals surface area (Å²) in [7, 11) is 0. The highest BCUT2D eigenvalue weighted by Gasteiger charge is 2.24. The van der Waals surface area contributed by atoms with Gasteiger partial charge in [0, 0.05) is 24.0 Å². The molecule has 152 valence electrons. The second-order valence-corrected chi connectivity index (χ2v) is 7.35. The van der Waals surface area contributed by atoms with Crippen molar-refractivity contribution >= 4 is 11.2 Å². The molecule has 7 nitrogen and oxygen atoms in total. The number of halogens is 1. The van der Waals surface area contributed by atoms with Gasteiger partial charge in [0.2, 0.25) is 0 Å². The Balaban J connectivity index is 1.64. The molecule has 2 aromatic carbocycles. The maximum Gasteiger partial charge on any atom is 0.167 e. The zero-order valence-electron chi connectivity index (χ0n) is 16.3. The van der Waals surface area contributed by atoms with Gasteiger partial charge in [0.1, 0.15) is 29.5 Å². The van der Waals surface area contributed by atoms with Gasteiger partial charge < -0.3 is 10.5 Å². The molecule has 0 saturated heterocycles. The Bertz CT molecular complexity index is 1430. The number of nitrogens with two attached hydrogens (primary N) is 1. The smallest absolute Gasteiger partial charge is 0.167 e. The van der Waals surface area contributed by atoms with Crippen molar-refractivity contribution in [3.8, 4) is 28.6 Å². The minimum atomic E-state index is -0.356. The van der Waals surface area contributed by atoms with Gasteiger partial charge in [-0.3, -0.25) is 4.57 Å². The molecule has 0 fully saturated rings. The average Bonchev–Trinajstić information content (AvgIpc) is 3.52. The van der Waals surface area contributed by atoms with Crippen LogP contribution >= 0.6 is 0 Å². The fourth-order valence-electron chi connectivity index (χ4n) is 3.91. The van der Waals surface area contributed by atoms with Crippen molar-refractivity contribution in [3.63, 3.8) is 0 Å². The predicted molar refractivity (Wildman–Crippen MR) is 114 cm³/mol. The lowest BCUT2D eigenvalue weighted by molar-refractivity contribution is 0.333. The second kappa shape index (κ2) is 6.75. The third-order valence-electron chi connectivity index (χ3n) is 5.42. The van der Waals surface area contributed by atoms with Crippen LogP contribution in [0.15, 0.2) is 73.1 Å². The van der Waals surface area contributed by atoms with Crippen molar-refractivity contribution in [1.82, 2.24) is 24.3 Å². The zero-order valence-corrected chi connectivity index (χ0v) is 16.3. The van der Waals surface area contributed by atoms with E-state index in [0.29, 0.717) is 35.0 Å². The van der Waals surface area contributed by atoms with Crippen LogP contribution in [-0.2, 0) is 0 Å². The summed E-state index contributed by atoms with van der Waals surface area (Å²) in [6.45, 7) is 0.436. The Labute approximate surface area is 176 Å². The van der Waals surface area contributed by atoms with E-state index in [1.165, 1.54) is 6.07 Å². The Morgan fingerprint density at radius 2 is 1.94 bits per heavy atom. The van der Waals surface area contributed by atoms with Crippen LogP contribution < -0.4 is 10.5 Å². The summed E-state index contributed by atoms with van der Waals surface area (Å²) < 4.78 is 24.0. The van der Waals surface area contributed by atoms with E-state index in [1.54, 1.807) is 29.1 Å². The maximum absolute atomic E-state index is 14.7. The van der Waals surface area contributed by atoms with Gasteiger partial charge in [0.25, 0.3) is 0 Å². The molecule has 0 saturated carbocycles. The molecular weight excluding hydrogens is 395 g/mol. The summed E-state index contributed by atoms with van der Waals surface area (Å²) >= 11 is 0. The fraction of sp³-hybridized carbons (Fsp3) is 0.0870. The lowest BCUT2D eigenvalue weighted by Crippen LogP contribution is -2.10. The molecule has 0 bridgehead atoms. The molecule has 5 aromatic rings. The molecule has 0 aliphatic carbocycles. The third-order valence-corrected chi connectivity index (χ3v) is 5.42. The highest BCUT2D eigenvalue weighted by Crippen LogP contribution is 2.36. The topological polar surface area (TPSA) is 83.8 Å². The number of aromatic nitrogens is 5. The SMILES string of the molecule is N[C@H]1COc2cc(-n3c(-c4ccccc4F)nc4ccc(-n5cccn5)nc43)ccc21. The van der Waals surface area contributed by atoms with Crippen molar-refractivity contribution in [2.24, 2.45) is 5.73 Å². The fourth-order valence-corrected chi connectivity index (χ4v) is 3.91. The number of benzene rings is 2. The first-order chi connectivity index (χ1) is 15.2. The first kappa shape index (κ1) is 17.8. The number of rotatable bonds is 3. The van der Waals surface area contributed by atoms with Gasteiger partial charge in [-0.15, -0.1) is 0 Å². The molecule has 1 aliphatic rings. The summed E-state index contributed by atoms with van der Waals surface area (Å²) in [5, 5.41) is 4.26. The average molecular weight is 412 g/mol. The highest BCUT2D eigenvalue weighted by molar-refractivity contribution is 5.81. The molecule has 3 aromatic heterocycles. The minimum Gasteiger partial charge on any atom is -0.491 e. The van der Waals surface area contributed by atoms with Crippen molar-refractivity contribution in [3.05, 3.63) is 84.4 Å². The molecule has 0 amide bonds. The molecule has 8 heteroatoms. The van der Waals surface area contributed by atoms with Crippen LogP contribution in [0.3, 0.4) is 0 Å². The molecule has 1 atom stereocenters. The number of pyridine rings is 1. The Hall–Kier alpha value is -4.04. The zero-order chi connectivity index (χ0) is 20.9. The van der Waals surface area contributed by atoms with E-state index in [2.05, 4.69) is 5.10 Å². The van der Waals surface area contributed by atoms with Crippen LogP contribution in [0.4, 0.5) is 4.39 Å². The normalized spacial score (nSPS) is 15.2. The number of nitrogens with zero attached hydrogens (tertiary/aromatic N) is 5.